The molecule has 0 heterocycles. The molecule has 0 spiro atoms. The number of nitrogens with two attached hydrogens (primary N) is 1. The minimum Gasteiger partial charge on any atom is -0.379 e. The van der Waals surface area contributed by atoms with Crippen molar-refractivity contribution >= 4 is 11.6 Å². The van der Waals surface area contributed by atoms with E-state index in [0.29, 0.717) is 0 Å². The molecule has 3 nitrogen and oxygen atoms in total. The second-order valence-electron chi connectivity index (χ2n) is 5.20. The Morgan fingerprint density at radius 2 is 1.94 bits per heavy atom. The Hall–Kier alpha value is -0.610. The molecule has 1 aromatic rings. The summed E-state index contributed by atoms with van der Waals surface area (Å²) in [6.07, 6.45) is 2.83. The number of hydrogen-bond donors (Lipinski definition) is 2. The quantitative estimate of drug-likeness (QED) is 0.592. The van der Waals surface area contributed by atoms with Crippen LogP contribution >= 0.6 is 11.6 Å². The van der Waals surface area contributed by atoms with Crippen molar-refractivity contribution in [3.8, 4) is 0 Å². The summed E-state index contributed by atoms with van der Waals surface area (Å²) in [6.45, 7) is 4.17. The van der Waals surface area contributed by atoms with E-state index in [2.05, 4.69) is 19.3 Å². The molecule has 1 rings (SSSR count). The normalized spacial score (nSPS) is 13.6. The Kier molecular flexibility index (Phi) is 6.09. The van der Waals surface area contributed by atoms with Crippen LogP contribution in [0.2, 0.25) is 5.02 Å². The zero-order chi connectivity index (χ0) is 13.6. The third-order valence-corrected chi connectivity index (χ3v) is 3.53. The molecule has 1 unspecified atom stereocenters. The highest BCUT2D eigenvalue weighted by molar-refractivity contribution is 6.30. The number of halogens is 1. The van der Waals surface area contributed by atoms with Crippen molar-refractivity contribution in [2.45, 2.75) is 44.8 Å². The van der Waals surface area contributed by atoms with Crippen molar-refractivity contribution in [1.82, 2.24) is 5.43 Å². The molecule has 1 atom stereocenters. The third kappa shape index (κ3) is 5.36. The van der Waals surface area contributed by atoms with E-state index in [9.17, 15) is 0 Å². The van der Waals surface area contributed by atoms with Crippen molar-refractivity contribution in [2.24, 2.45) is 5.84 Å². The summed E-state index contributed by atoms with van der Waals surface area (Å²) in [5.74, 6) is 5.60. The minimum absolute atomic E-state index is 0.102. The van der Waals surface area contributed by atoms with Crippen molar-refractivity contribution in [2.75, 3.05) is 7.11 Å². The Balaban J connectivity index is 2.49. The van der Waals surface area contributed by atoms with Crippen LogP contribution in [0.25, 0.3) is 0 Å². The molecule has 0 radical (unpaired) electrons. The molecule has 18 heavy (non-hydrogen) atoms. The van der Waals surface area contributed by atoms with Gasteiger partial charge in [0.1, 0.15) is 0 Å². The molecule has 0 amide bonds. The molecule has 0 saturated carbocycles. The lowest BCUT2D eigenvalue weighted by atomic mass is 9.95. The molecular formula is C14H23ClN2O. The Bertz CT molecular complexity index is 351. The predicted molar refractivity (Wildman–Crippen MR) is 76.6 cm³/mol. The van der Waals surface area contributed by atoms with Crippen LogP contribution in [-0.4, -0.2) is 18.8 Å². The minimum atomic E-state index is -0.102. The highest BCUT2D eigenvalue weighted by Gasteiger charge is 2.18. The fourth-order valence-corrected chi connectivity index (χ4v) is 1.90. The van der Waals surface area contributed by atoms with Crippen molar-refractivity contribution in [3.05, 3.63) is 34.9 Å². The van der Waals surface area contributed by atoms with Crippen molar-refractivity contribution in [1.29, 1.82) is 0 Å². The fourth-order valence-electron chi connectivity index (χ4n) is 1.77. The fraction of sp³-hybridized carbons (Fsp3) is 0.571. The first-order chi connectivity index (χ1) is 8.46. The van der Waals surface area contributed by atoms with E-state index >= 15 is 0 Å². The van der Waals surface area contributed by atoms with Crippen LogP contribution in [0.4, 0.5) is 0 Å². The number of hydrazine groups is 1. The second kappa shape index (κ2) is 7.10. The van der Waals surface area contributed by atoms with Gasteiger partial charge in [0.15, 0.2) is 0 Å². The number of benzene rings is 1. The van der Waals surface area contributed by atoms with Crippen LogP contribution in [0.1, 0.15) is 32.3 Å². The van der Waals surface area contributed by atoms with Gasteiger partial charge in [-0.25, -0.2) is 0 Å². The number of methoxy groups -OCH3 is 1. The maximum atomic E-state index is 5.87. The number of nitrogens with one attached hydrogen (secondary N) is 1. The lowest BCUT2D eigenvalue weighted by molar-refractivity contribution is 0.0117. The van der Waals surface area contributed by atoms with E-state index in [0.717, 1.165) is 24.3 Å². The number of ether oxygens (including phenoxy) is 1. The summed E-state index contributed by atoms with van der Waals surface area (Å²) in [5.41, 5.74) is 4.01. The predicted octanol–water partition coefficient (Wildman–Crippen LogP) is 2.92. The van der Waals surface area contributed by atoms with Crippen LogP contribution < -0.4 is 11.3 Å². The second-order valence-corrected chi connectivity index (χ2v) is 5.63. The number of rotatable bonds is 7. The molecule has 1 aromatic carbocycles. The first kappa shape index (κ1) is 15.4. The van der Waals surface area contributed by atoms with Gasteiger partial charge >= 0.3 is 0 Å². The highest BCUT2D eigenvalue weighted by Crippen LogP contribution is 2.18. The SMILES string of the molecule is COC(C)(C)CCC(Cc1ccc(Cl)cc1)NN. The molecule has 0 fully saturated rings. The maximum Gasteiger partial charge on any atom is 0.0623 e. The molecule has 3 N–H and O–H groups in total. The molecule has 0 saturated heterocycles. The van der Waals surface area contributed by atoms with Crippen LogP contribution in [0.3, 0.4) is 0 Å². The summed E-state index contributed by atoms with van der Waals surface area (Å²) in [4.78, 5) is 0. The summed E-state index contributed by atoms with van der Waals surface area (Å²) < 4.78 is 5.41. The standard InChI is InChI=1S/C14H23ClN2O/c1-14(2,18-3)9-8-13(17-16)10-11-4-6-12(15)7-5-11/h4-7,13,17H,8-10,16H2,1-3H3. The van der Waals surface area contributed by atoms with Crippen molar-refractivity contribution in [3.63, 3.8) is 0 Å². The van der Waals surface area contributed by atoms with E-state index in [1.807, 2.05) is 24.3 Å². The molecule has 0 aliphatic heterocycles. The summed E-state index contributed by atoms with van der Waals surface area (Å²) >= 11 is 5.87. The van der Waals surface area contributed by atoms with Gasteiger partial charge in [0.05, 0.1) is 5.60 Å². The molecule has 102 valence electrons. The van der Waals surface area contributed by atoms with E-state index in [1.54, 1.807) is 7.11 Å². The third-order valence-electron chi connectivity index (χ3n) is 3.28. The largest absolute Gasteiger partial charge is 0.379 e. The highest BCUT2D eigenvalue weighted by atomic mass is 35.5. The topological polar surface area (TPSA) is 47.3 Å². The smallest absolute Gasteiger partial charge is 0.0623 e. The van der Waals surface area contributed by atoms with Gasteiger partial charge in [-0.15, -0.1) is 0 Å². The Morgan fingerprint density at radius 3 is 2.44 bits per heavy atom. The Morgan fingerprint density at radius 1 is 1.33 bits per heavy atom. The Labute approximate surface area is 115 Å². The van der Waals surface area contributed by atoms with E-state index in [4.69, 9.17) is 22.2 Å². The molecule has 0 aliphatic rings. The van der Waals surface area contributed by atoms with Gasteiger partial charge in [0, 0.05) is 18.2 Å². The van der Waals surface area contributed by atoms with Crippen LogP contribution in [0.15, 0.2) is 24.3 Å². The molecule has 4 heteroatoms. The first-order valence-electron chi connectivity index (χ1n) is 6.22. The summed E-state index contributed by atoms with van der Waals surface area (Å²) in [6, 6.07) is 8.13. The number of hydrogen-bond acceptors (Lipinski definition) is 3. The van der Waals surface area contributed by atoms with E-state index < -0.39 is 0 Å². The summed E-state index contributed by atoms with van der Waals surface area (Å²) in [5, 5.41) is 0.761. The average molecular weight is 271 g/mol. The zero-order valence-electron chi connectivity index (χ0n) is 11.4. The lowest BCUT2D eigenvalue weighted by Crippen LogP contribution is -2.38. The van der Waals surface area contributed by atoms with Gasteiger partial charge in [-0.05, 0) is 50.8 Å². The zero-order valence-corrected chi connectivity index (χ0v) is 12.1. The van der Waals surface area contributed by atoms with E-state index in [1.165, 1.54) is 5.56 Å². The van der Waals surface area contributed by atoms with E-state index in [-0.39, 0.29) is 11.6 Å². The molecule has 0 aliphatic carbocycles. The van der Waals surface area contributed by atoms with Gasteiger partial charge in [-0.3, -0.25) is 11.3 Å². The maximum absolute atomic E-state index is 5.87. The average Bonchev–Trinajstić information content (AvgIpc) is 2.37. The van der Waals surface area contributed by atoms with Gasteiger partial charge in [0.25, 0.3) is 0 Å². The van der Waals surface area contributed by atoms with Gasteiger partial charge in [0.2, 0.25) is 0 Å². The van der Waals surface area contributed by atoms with Gasteiger partial charge in [-0.1, -0.05) is 23.7 Å². The molecule has 0 aromatic heterocycles. The van der Waals surface area contributed by atoms with Crippen LogP contribution in [0.5, 0.6) is 0 Å². The van der Waals surface area contributed by atoms with Gasteiger partial charge in [-0.2, -0.15) is 0 Å². The molecule has 0 bridgehead atoms. The monoisotopic (exact) mass is 270 g/mol. The van der Waals surface area contributed by atoms with Crippen molar-refractivity contribution < 1.29 is 4.74 Å². The first-order valence-corrected chi connectivity index (χ1v) is 6.60. The summed E-state index contributed by atoms with van der Waals surface area (Å²) in [7, 11) is 1.74. The van der Waals surface area contributed by atoms with Gasteiger partial charge < -0.3 is 4.74 Å². The lowest BCUT2D eigenvalue weighted by Gasteiger charge is -2.25. The van der Waals surface area contributed by atoms with Crippen LogP contribution in [-0.2, 0) is 11.2 Å². The molecular weight excluding hydrogens is 248 g/mol. The van der Waals surface area contributed by atoms with Crippen LogP contribution in [0, 0.1) is 0 Å².